The van der Waals surface area contributed by atoms with E-state index in [-0.39, 0.29) is 17.2 Å². The van der Waals surface area contributed by atoms with Gasteiger partial charge in [0.05, 0.1) is 17.6 Å². The molecule has 168 valence electrons. The number of rotatable bonds is 5. The molecule has 5 rings (SSSR count). The van der Waals surface area contributed by atoms with Gasteiger partial charge in [0.15, 0.2) is 11.6 Å². The van der Waals surface area contributed by atoms with Crippen molar-refractivity contribution in [3.63, 3.8) is 0 Å². The monoisotopic (exact) mass is 455 g/mol. The summed E-state index contributed by atoms with van der Waals surface area (Å²) >= 11 is 0. The average Bonchev–Trinajstić information content (AvgIpc) is 3.52. The first-order valence-corrected chi connectivity index (χ1v) is 10.6. The minimum Gasteiger partial charge on any atom is -0.310 e. The summed E-state index contributed by atoms with van der Waals surface area (Å²) < 4.78 is 32.0. The van der Waals surface area contributed by atoms with Crippen molar-refractivity contribution in [1.29, 1.82) is 0 Å². The highest BCUT2D eigenvalue weighted by Crippen LogP contribution is 2.47. The van der Waals surface area contributed by atoms with Crippen LogP contribution in [0.2, 0.25) is 0 Å². The van der Waals surface area contributed by atoms with Gasteiger partial charge >= 0.3 is 0 Å². The summed E-state index contributed by atoms with van der Waals surface area (Å²) in [4.78, 5) is 26.1. The number of hydrogen-bond acceptors (Lipinski definition) is 5. The van der Waals surface area contributed by atoms with E-state index in [1.165, 1.54) is 24.1 Å². The van der Waals surface area contributed by atoms with Crippen molar-refractivity contribution in [1.82, 2.24) is 19.5 Å². The van der Waals surface area contributed by atoms with Crippen LogP contribution in [0.25, 0.3) is 11.4 Å². The summed E-state index contributed by atoms with van der Waals surface area (Å²) in [5.74, 6) is 4.27. The molecule has 0 amide bonds. The minimum absolute atomic E-state index is 0.195. The summed E-state index contributed by atoms with van der Waals surface area (Å²) in [6.45, 7) is 0. The molecule has 4 aromatic rings. The first-order valence-electron chi connectivity index (χ1n) is 10.6. The van der Waals surface area contributed by atoms with Crippen LogP contribution in [0.15, 0.2) is 67.3 Å². The zero-order chi connectivity index (χ0) is 23.7. The molecule has 3 heterocycles. The lowest BCUT2D eigenvalue weighted by molar-refractivity contribution is -0.111. The van der Waals surface area contributed by atoms with E-state index in [2.05, 4.69) is 26.8 Å². The Kier molecular flexibility index (Phi) is 5.38. The molecule has 34 heavy (non-hydrogen) atoms. The molecule has 1 aliphatic rings. The fraction of sp³-hybridized carbons (Fsp3) is 0.154. The molecule has 0 saturated heterocycles. The molecule has 1 saturated carbocycles. The first kappa shape index (κ1) is 21.5. The number of carbonyl (C=O) groups excluding carboxylic acids is 1. The van der Waals surface area contributed by atoms with Gasteiger partial charge in [-0.15, -0.1) is 0 Å². The van der Waals surface area contributed by atoms with Crippen LogP contribution >= 0.6 is 0 Å². The molecule has 1 aliphatic carbocycles. The van der Waals surface area contributed by atoms with Crippen LogP contribution in [0.4, 0.5) is 20.4 Å². The molecule has 0 N–H and O–H groups in total. The molecule has 3 aromatic heterocycles. The zero-order valence-corrected chi connectivity index (χ0v) is 18.2. The van der Waals surface area contributed by atoms with E-state index in [1.807, 2.05) is 6.07 Å². The van der Waals surface area contributed by atoms with E-state index in [0.29, 0.717) is 29.8 Å². The lowest BCUT2D eigenvalue weighted by Gasteiger charge is -2.24. The number of aldehydes is 1. The fourth-order valence-corrected chi connectivity index (χ4v) is 3.87. The Morgan fingerprint density at radius 3 is 2.38 bits per heavy atom. The maximum atomic E-state index is 15.1. The van der Waals surface area contributed by atoms with Crippen LogP contribution in [-0.4, -0.2) is 32.9 Å². The standard InChI is InChI=1S/C26H19F2N5O/c1-32(24-20(27)13-19(14-21(24)28)8-7-18-5-4-11-29-15-18)25-31-16-23(22-6-2-3-12-30-22)33(25)26(17-34)9-10-26/h2-6,11-17H,9-10H2,1H3. The second-order valence-corrected chi connectivity index (χ2v) is 8.05. The van der Waals surface area contributed by atoms with E-state index in [1.54, 1.807) is 53.6 Å². The van der Waals surface area contributed by atoms with E-state index < -0.39 is 17.2 Å². The fourth-order valence-electron chi connectivity index (χ4n) is 3.87. The van der Waals surface area contributed by atoms with Gasteiger partial charge in [0.1, 0.15) is 17.5 Å². The maximum absolute atomic E-state index is 15.1. The molecule has 1 aromatic carbocycles. The molecule has 8 heteroatoms. The quantitative estimate of drug-likeness (QED) is 0.328. The summed E-state index contributed by atoms with van der Waals surface area (Å²) in [7, 11) is 1.52. The van der Waals surface area contributed by atoms with E-state index in [9.17, 15) is 4.79 Å². The van der Waals surface area contributed by atoms with Crippen molar-refractivity contribution in [2.45, 2.75) is 18.4 Å². The van der Waals surface area contributed by atoms with E-state index in [0.717, 1.165) is 6.29 Å². The molecule has 6 nitrogen and oxygen atoms in total. The average molecular weight is 455 g/mol. The molecule has 0 spiro atoms. The number of halogens is 2. The molecular weight excluding hydrogens is 436 g/mol. The summed E-state index contributed by atoms with van der Waals surface area (Å²) in [6.07, 6.45) is 8.49. The smallest absolute Gasteiger partial charge is 0.211 e. The van der Waals surface area contributed by atoms with Gasteiger partial charge in [0.25, 0.3) is 0 Å². The highest BCUT2D eigenvalue weighted by Gasteiger charge is 2.48. The zero-order valence-electron chi connectivity index (χ0n) is 18.2. The van der Waals surface area contributed by atoms with Crippen LogP contribution in [0.1, 0.15) is 24.0 Å². The van der Waals surface area contributed by atoms with Crippen molar-refractivity contribution in [3.05, 3.63) is 90.0 Å². The van der Waals surface area contributed by atoms with Crippen molar-refractivity contribution in [2.75, 3.05) is 11.9 Å². The number of benzene rings is 1. The lowest BCUT2D eigenvalue weighted by Crippen LogP contribution is -2.26. The van der Waals surface area contributed by atoms with Crippen molar-refractivity contribution in [2.24, 2.45) is 0 Å². The second-order valence-electron chi connectivity index (χ2n) is 8.05. The van der Waals surface area contributed by atoms with Crippen molar-refractivity contribution >= 4 is 17.9 Å². The Morgan fingerprint density at radius 2 is 1.76 bits per heavy atom. The number of carbonyl (C=O) groups is 1. The van der Waals surface area contributed by atoms with Crippen molar-refractivity contribution in [3.8, 4) is 23.2 Å². The van der Waals surface area contributed by atoms with Gasteiger partial charge in [-0.25, -0.2) is 13.8 Å². The molecule has 0 unspecified atom stereocenters. The number of imidazole rings is 1. The molecule has 0 bridgehead atoms. The highest BCUT2D eigenvalue weighted by molar-refractivity contribution is 5.73. The lowest BCUT2D eigenvalue weighted by atomic mass is 10.1. The molecule has 1 fully saturated rings. The van der Waals surface area contributed by atoms with Gasteiger partial charge in [-0.3, -0.25) is 14.5 Å². The first-order chi connectivity index (χ1) is 16.5. The third-order valence-corrected chi connectivity index (χ3v) is 5.76. The summed E-state index contributed by atoms with van der Waals surface area (Å²) in [5, 5.41) is 0. The third-order valence-electron chi connectivity index (χ3n) is 5.76. The predicted octanol–water partition coefficient (Wildman–Crippen LogP) is 4.47. The number of hydrogen-bond donors (Lipinski definition) is 0. The van der Waals surface area contributed by atoms with Gasteiger partial charge in [-0.05, 0) is 49.2 Å². The van der Waals surface area contributed by atoms with Crippen molar-refractivity contribution < 1.29 is 13.6 Å². The largest absolute Gasteiger partial charge is 0.310 e. The number of anilines is 2. The van der Waals surface area contributed by atoms with Gasteiger partial charge in [-0.1, -0.05) is 17.9 Å². The Bertz CT molecular complexity index is 1400. The number of pyridine rings is 2. The third kappa shape index (κ3) is 3.82. The Morgan fingerprint density at radius 1 is 1.00 bits per heavy atom. The minimum atomic E-state index is -0.810. The molecule has 0 aliphatic heterocycles. The second kappa shape index (κ2) is 8.52. The predicted molar refractivity (Wildman–Crippen MR) is 123 cm³/mol. The van der Waals surface area contributed by atoms with E-state index >= 15 is 8.78 Å². The highest BCUT2D eigenvalue weighted by atomic mass is 19.1. The van der Waals surface area contributed by atoms with Crippen LogP contribution in [0.3, 0.4) is 0 Å². The van der Waals surface area contributed by atoms with Crippen LogP contribution in [0.5, 0.6) is 0 Å². The Balaban J connectivity index is 1.56. The van der Waals surface area contributed by atoms with Crippen LogP contribution in [0, 0.1) is 23.5 Å². The van der Waals surface area contributed by atoms with Gasteiger partial charge in [0, 0.05) is 36.8 Å². The van der Waals surface area contributed by atoms with Gasteiger partial charge in [-0.2, -0.15) is 0 Å². The normalized spacial score (nSPS) is 13.6. The Labute approximate surface area is 194 Å². The van der Waals surface area contributed by atoms with Crippen LogP contribution < -0.4 is 4.90 Å². The van der Waals surface area contributed by atoms with Gasteiger partial charge in [0.2, 0.25) is 5.95 Å². The van der Waals surface area contributed by atoms with Gasteiger partial charge < -0.3 is 9.69 Å². The van der Waals surface area contributed by atoms with E-state index in [4.69, 9.17) is 0 Å². The summed E-state index contributed by atoms with van der Waals surface area (Å²) in [6, 6.07) is 11.3. The summed E-state index contributed by atoms with van der Waals surface area (Å²) in [5.41, 5.74) is 0.955. The molecular formula is C26H19F2N5O. The maximum Gasteiger partial charge on any atom is 0.211 e. The Hall–Kier alpha value is -4.38. The number of nitrogens with zero attached hydrogens (tertiary/aromatic N) is 5. The SMILES string of the molecule is CN(c1c(F)cc(C#Cc2cccnc2)cc1F)c1ncc(-c2ccccn2)n1C1(C=O)CC1. The molecule has 0 atom stereocenters. The topological polar surface area (TPSA) is 63.9 Å². The van der Waals surface area contributed by atoms with Crippen LogP contribution in [-0.2, 0) is 10.3 Å². The number of aromatic nitrogens is 4. The molecule has 0 radical (unpaired) electrons.